The summed E-state index contributed by atoms with van der Waals surface area (Å²) in [6.45, 7) is 4.51. The third-order valence-electron chi connectivity index (χ3n) is 5.61. The molecular formula is C28H28N2O5. The Kier molecular flexibility index (Phi) is 7.35. The van der Waals surface area contributed by atoms with Crippen LogP contribution in [0.15, 0.2) is 71.1 Å². The van der Waals surface area contributed by atoms with E-state index >= 15 is 0 Å². The summed E-state index contributed by atoms with van der Waals surface area (Å²) in [5, 5.41) is 2.92. The molecule has 1 amide bonds. The van der Waals surface area contributed by atoms with Crippen LogP contribution in [0.4, 0.5) is 0 Å². The first-order valence-corrected chi connectivity index (χ1v) is 11.2. The number of aryl methyl sites for hydroxylation is 2. The fraction of sp³-hybridized carbons (Fsp3) is 0.214. The molecule has 1 heterocycles. The van der Waals surface area contributed by atoms with Crippen LogP contribution in [-0.4, -0.2) is 25.1 Å². The maximum atomic E-state index is 12.7. The summed E-state index contributed by atoms with van der Waals surface area (Å²) in [5.74, 6) is 2.98. The number of amides is 1. The first kappa shape index (κ1) is 23.9. The first-order valence-electron chi connectivity index (χ1n) is 11.2. The molecule has 0 atom stereocenters. The van der Waals surface area contributed by atoms with Crippen molar-refractivity contribution in [3.63, 3.8) is 0 Å². The van der Waals surface area contributed by atoms with Crippen LogP contribution in [-0.2, 0) is 13.2 Å². The van der Waals surface area contributed by atoms with Crippen LogP contribution in [0.2, 0.25) is 0 Å². The SMILES string of the molecule is COc1cccc(CNC(=O)c2ccc(-c3nc(COc4ccc(C)cc4)c(C)o3)cc2)c1OC. The molecule has 4 rings (SSSR count). The minimum Gasteiger partial charge on any atom is -0.493 e. The van der Waals surface area contributed by atoms with Crippen molar-refractivity contribution >= 4 is 5.91 Å². The third-order valence-corrected chi connectivity index (χ3v) is 5.61. The molecule has 0 aliphatic rings. The number of carbonyl (C=O) groups is 1. The predicted molar refractivity (Wildman–Crippen MR) is 133 cm³/mol. The Labute approximate surface area is 204 Å². The number of para-hydroxylation sites is 1. The van der Waals surface area contributed by atoms with Gasteiger partial charge in [0.05, 0.1) is 14.2 Å². The van der Waals surface area contributed by atoms with E-state index in [2.05, 4.69) is 10.3 Å². The summed E-state index contributed by atoms with van der Waals surface area (Å²) in [7, 11) is 3.16. The molecular weight excluding hydrogens is 444 g/mol. The van der Waals surface area contributed by atoms with Gasteiger partial charge in [-0.05, 0) is 56.3 Å². The number of nitrogens with zero attached hydrogens (tertiary/aromatic N) is 1. The van der Waals surface area contributed by atoms with Gasteiger partial charge in [0.15, 0.2) is 11.5 Å². The van der Waals surface area contributed by atoms with Crippen LogP contribution >= 0.6 is 0 Å². The number of rotatable bonds is 9. The Morgan fingerprint density at radius 3 is 2.37 bits per heavy atom. The summed E-state index contributed by atoms with van der Waals surface area (Å²) < 4.78 is 22.4. The fourth-order valence-corrected chi connectivity index (χ4v) is 3.61. The Hall–Kier alpha value is -4.26. The summed E-state index contributed by atoms with van der Waals surface area (Å²) >= 11 is 0. The number of methoxy groups -OCH3 is 2. The largest absolute Gasteiger partial charge is 0.493 e. The summed E-state index contributed by atoms with van der Waals surface area (Å²) in [6.07, 6.45) is 0. The van der Waals surface area contributed by atoms with E-state index in [-0.39, 0.29) is 5.91 Å². The van der Waals surface area contributed by atoms with Gasteiger partial charge in [0.1, 0.15) is 23.8 Å². The molecule has 7 heteroatoms. The van der Waals surface area contributed by atoms with Gasteiger partial charge in [-0.2, -0.15) is 0 Å². The second-order valence-electron chi connectivity index (χ2n) is 8.04. The summed E-state index contributed by atoms with van der Waals surface area (Å²) in [4.78, 5) is 17.3. The molecule has 0 spiro atoms. The number of ether oxygens (including phenoxy) is 3. The van der Waals surface area contributed by atoms with E-state index in [1.165, 1.54) is 5.56 Å². The predicted octanol–water partition coefficient (Wildman–Crippen LogP) is 5.48. The number of nitrogens with one attached hydrogen (secondary N) is 1. The van der Waals surface area contributed by atoms with Crippen molar-refractivity contribution in [3.05, 3.63) is 94.9 Å². The quantitative estimate of drug-likeness (QED) is 0.347. The minimum atomic E-state index is -0.197. The molecule has 0 unspecified atom stereocenters. The molecule has 4 aromatic rings. The Morgan fingerprint density at radius 2 is 1.69 bits per heavy atom. The van der Waals surface area contributed by atoms with Gasteiger partial charge in [-0.25, -0.2) is 4.98 Å². The number of oxazole rings is 1. The van der Waals surface area contributed by atoms with E-state index in [1.54, 1.807) is 26.4 Å². The van der Waals surface area contributed by atoms with Crippen LogP contribution in [0.3, 0.4) is 0 Å². The zero-order valence-electron chi connectivity index (χ0n) is 20.3. The van der Waals surface area contributed by atoms with Crippen LogP contribution in [0.25, 0.3) is 11.5 Å². The lowest BCUT2D eigenvalue weighted by Crippen LogP contribution is -2.23. The number of aromatic nitrogens is 1. The highest BCUT2D eigenvalue weighted by Crippen LogP contribution is 2.30. The van der Waals surface area contributed by atoms with Crippen molar-refractivity contribution in [3.8, 4) is 28.7 Å². The zero-order valence-corrected chi connectivity index (χ0v) is 20.3. The van der Waals surface area contributed by atoms with E-state index in [0.29, 0.717) is 41.9 Å². The molecule has 7 nitrogen and oxygen atoms in total. The van der Waals surface area contributed by atoms with Gasteiger partial charge >= 0.3 is 0 Å². The lowest BCUT2D eigenvalue weighted by Gasteiger charge is -2.13. The van der Waals surface area contributed by atoms with Crippen molar-refractivity contribution in [2.24, 2.45) is 0 Å². The fourth-order valence-electron chi connectivity index (χ4n) is 3.61. The van der Waals surface area contributed by atoms with Crippen LogP contribution in [0.5, 0.6) is 17.2 Å². The number of hydrogen-bond donors (Lipinski definition) is 1. The molecule has 0 bridgehead atoms. The Balaban J connectivity index is 1.39. The van der Waals surface area contributed by atoms with E-state index in [1.807, 2.05) is 68.4 Å². The van der Waals surface area contributed by atoms with Crippen molar-refractivity contribution in [2.45, 2.75) is 27.0 Å². The molecule has 1 N–H and O–H groups in total. The lowest BCUT2D eigenvalue weighted by molar-refractivity contribution is 0.0950. The molecule has 1 aromatic heterocycles. The van der Waals surface area contributed by atoms with E-state index < -0.39 is 0 Å². The van der Waals surface area contributed by atoms with Crippen molar-refractivity contribution in [2.75, 3.05) is 14.2 Å². The van der Waals surface area contributed by atoms with Gasteiger partial charge in [-0.15, -0.1) is 0 Å². The van der Waals surface area contributed by atoms with E-state index in [0.717, 1.165) is 22.6 Å². The third kappa shape index (κ3) is 5.63. The van der Waals surface area contributed by atoms with Crippen LogP contribution in [0.1, 0.15) is 32.9 Å². The molecule has 0 fully saturated rings. The highest BCUT2D eigenvalue weighted by molar-refractivity contribution is 5.94. The molecule has 3 aromatic carbocycles. The monoisotopic (exact) mass is 472 g/mol. The second-order valence-corrected chi connectivity index (χ2v) is 8.04. The molecule has 35 heavy (non-hydrogen) atoms. The maximum absolute atomic E-state index is 12.7. The normalized spacial score (nSPS) is 10.6. The second kappa shape index (κ2) is 10.8. The van der Waals surface area contributed by atoms with Crippen molar-refractivity contribution in [1.82, 2.24) is 10.3 Å². The maximum Gasteiger partial charge on any atom is 0.251 e. The zero-order chi connectivity index (χ0) is 24.8. The average Bonchev–Trinajstić information content (AvgIpc) is 3.26. The average molecular weight is 473 g/mol. The van der Waals surface area contributed by atoms with Crippen LogP contribution in [0, 0.1) is 13.8 Å². The summed E-state index contributed by atoms with van der Waals surface area (Å²) in [6, 6.07) is 20.5. The topological polar surface area (TPSA) is 82.8 Å². The van der Waals surface area contributed by atoms with Crippen molar-refractivity contribution < 1.29 is 23.4 Å². The van der Waals surface area contributed by atoms with Gasteiger partial charge in [-0.3, -0.25) is 4.79 Å². The molecule has 0 aliphatic carbocycles. The standard InChI is InChI=1S/C28H28N2O5/c1-18-8-14-23(15-9-18)34-17-24-19(2)35-28(30-24)21-12-10-20(11-13-21)27(31)29-16-22-6-5-7-25(32-3)26(22)33-4/h5-15H,16-17H2,1-4H3,(H,29,31). The Bertz CT molecular complexity index is 1290. The van der Waals surface area contributed by atoms with E-state index in [4.69, 9.17) is 18.6 Å². The summed E-state index contributed by atoms with van der Waals surface area (Å²) in [5.41, 5.74) is 4.04. The molecule has 0 saturated carbocycles. The van der Waals surface area contributed by atoms with Gasteiger partial charge in [0.25, 0.3) is 5.91 Å². The molecule has 0 aliphatic heterocycles. The molecule has 180 valence electrons. The lowest BCUT2D eigenvalue weighted by atomic mass is 10.1. The van der Waals surface area contributed by atoms with Gasteiger partial charge < -0.3 is 23.9 Å². The highest BCUT2D eigenvalue weighted by Gasteiger charge is 2.14. The van der Waals surface area contributed by atoms with Gasteiger partial charge in [-0.1, -0.05) is 29.8 Å². The van der Waals surface area contributed by atoms with Crippen LogP contribution < -0.4 is 19.5 Å². The Morgan fingerprint density at radius 1 is 0.943 bits per heavy atom. The van der Waals surface area contributed by atoms with E-state index in [9.17, 15) is 4.79 Å². The first-order chi connectivity index (χ1) is 17.0. The number of carbonyl (C=O) groups excluding carboxylic acids is 1. The minimum absolute atomic E-state index is 0.197. The smallest absolute Gasteiger partial charge is 0.251 e. The molecule has 0 radical (unpaired) electrons. The number of hydrogen-bond acceptors (Lipinski definition) is 6. The highest BCUT2D eigenvalue weighted by atomic mass is 16.5. The van der Waals surface area contributed by atoms with Crippen molar-refractivity contribution in [1.29, 1.82) is 0 Å². The molecule has 0 saturated heterocycles. The van der Waals surface area contributed by atoms with Gasteiger partial charge in [0, 0.05) is 23.2 Å². The van der Waals surface area contributed by atoms with Gasteiger partial charge in [0.2, 0.25) is 5.89 Å². The number of benzene rings is 3.